The van der Waals surface area contributed by atoms with E-state index in [9.17, 15) is 33.2 Å². The lowest BCUT2D eigenvalue weighted by Gasteiger charge is -2.25. The van der Waals surface area contributed by atoms with Crippen LogP contribution in [-0.2, 0) is 41.6 Å². The maximum Gasteiger partial charge on any atom is 0.240 e. The summed E-state index contributed by atoms with van der Waals surface area (Å²) in [5, 5.41) is 18.9. The van der Waals surface area contributed by atoms with Gasteiger partial charge in [0, 0.05) is 146 Å². The van der Waals surface area contributed by atoms with Crippen LogP contribution >= 0.6 is 0 Å². The number of aryl methyl sites for hydroxylation is 4. The zero-order valence-electron chi connectivity index (χ0n) is 67.7. The van der Waals surface area contributed by atoms with Crippen LogP contribution in [-0.4, -0.2) is 195 Å². The summed E-state index contributed by atoms with van der Waals surface area (Å²) in [5.74, 6) is 0.685. The Kier molecular flexibility index (Phi) is 38.6. The molecule has 0 radical (unpaired) electrons. The normalized spacial score (nSPS) is 12.8. The SMILES string of the molecule is CC(C)NCC(=O)N(C)c1ccc2c(c1)N(C)CC2.CN1CCc2ccc(N(C)C(=O)CNC3CCCCC3)cc21.Cc1ccc(N(C)C(=O)CNC(C)C)cc1.Cc1ccc(N(C)C(=O)CNC(C)C)cc1F.Cc1ccc(N(C)C(=O)CNC(C)C)cn1.Cc1ncc(N(C)C(=O)CNC(C)C)cn1. The van der Waals surface area contributed by atoms with E-state index in [0.29, 0.717) is 85.7 Å². The van der Waals surface area contributed by atoms with Crippen molar-refractivity contribution in [1.82, 2.24) is 46.9 Å². The molecule has 0 spiro atoms. The predicted molar refractivity (Wildman–Crippen MR) is 436 cm³/mol. The van der Waals surface area contributed by atoms with Crippen LogP contribution in [0.2, 0.25) is 0 Å². The highest BCUT2D eigenvalue weighted by Gasteiger charge is 2.23. The molecule has 106 heavy (non-hydrogen) atoms. The molecule has 6 N–H and O–H groups in total. The minimum Gasteiger partial charge on any atom is -0.374 e. The lowest BCUT2D eigenvalue weighted by molar-refractivity contribution is -0.118. The number of nitrogens with zero attached hydrogens (tertiary/aromatic N) is 11. The van der Waals surface area contributed by atoms with Gasteiger partial charge in [0.15, 0.2) is 0 Å². The summed E-state index contributed by atoms with van der Waals surface area (Å²) in [6, 6.07) is 31.2. The van der Waals surface area contributed by atoms with E-state index in [1.54, 1.807) is 90.3 Å². The smallest absolute Gasteiger partial charge is 0.240 e. The molecule has 2 aromatic heterocycles. The molecule has 3 aliphatic rings. The van der Waals surface area contributed by atoms with Crippen LogP contribution in [0.1, 0.15) is 135 Å². The maximum absolute atomic E-state index is 13.4. The van der Waals surface area contributed by atoms with Crippen molar-refractivity contribution < 1.29 is 33.2 Å². The molecule has 9 rings (SSSR count). The summed E-state index contributed by atoms with van der Waals surface area (Å²) < 4.78 is 13.4. The summed E-state index contributed by atoms with van der Waals surface area (Å²) in [5.41, 5.74) is 13.0. The van der Waals surface area contributed by atoms with Crippen molar-refractivity contribution in [3.8, 4) is 0 Å². The van der Waals surface area contributed by atoms with Gasteiger partial charge in [-0.1, -0.05) is 124 Å². The first-order chi connectivity index (χ1) is 50.1. The van der Waals surface area contributed by atoms with E-state index in [0.717, 1.165) is 54.4 Å². The maximum atomic E-state index is 13.4. The average molecular weight is 1470 g/mol. The average Bonchev–Trinajstić information content (AvgIpc) is 1.69. The second-order valence-corrected chi connectivity index (χ2v) is 29.0. The summed E-state index contributed by atoms with van der Waals surface area (Å²) in [6.07, 6.45) is 13.5. The number of anilines is 8. The molecule has 24 heteroatoms. The van der Waals surface area contributed by atoms with Crippen LogP contribution in [0.3, 0.4) is 0 Å². The number of fused-ring (bicyclic) bond motifs is 2. The summed E-state index contributed by atoms with van der Waals surface area (Å²) in [7, 11) is 14.8. The van der Waals surface area contributed by atoms with Gasteiger partial charge >= 0.3 is 0 Å². The number of aromatic nitrogens is 3. The highest BCUT2D eigenvalue weighted by Crippen LogP contribution is 2.32. The van der Waals surface area contributed by atoms with Gasteiger partial charge in [-0.3, -0.25) is 33.8 Å². The topological polar surface area (TPSA) is 239 Å². The van der Waals surface area contributed by atoms with E-state index in [1.165, 1.54) is 71.1 Å². The van der Waals surface area contributed by atoms with Gasteiger partial charge in [0.1, 0.15) is 11.6 Å². The Morgan fingerprint density at radius 2 is 0.745 bits per heavy atom. The number of hydrogen-bond donors (Lipinski definition) is 6. The van der Waals surface area contributed by atoms with Crippen molar-refractivity contribution in [2.24, 2.45) is 0 Å². The Bertz CT molecular complexity index is 3510. The summed E-state index contributed by atoms with van der Waals surface area (Å²) >= 11 is 0. The molecule has 0 atom stereocenters. The van der Waals surface area contributed by atoms with Crippen molar-refractivity contribution >= 4 is 80.9 Å². The molecular weight excluding hydrogens is 1340 g/mol. The highest BCUT2D eigenvalue weighted by molar-refractivity contribution is 5.97. The molecule has 2 aliphatic heterocycles. The molecule has 6 amide bonds. The van der Waals surface area contributed by atoms with Crippen molar-refractivity contribution in [3.63, 3.8) is 0 Å². The highest BCUT2D eigenvalue weighted by atomic mass is 19.1. The van der Waals surface area contributed by atoms with Crippen LogP contribution in [0, 0.1) is 33.5 Å². The Morgan fingerprint density at radius 1 is 0.415 bits per heavy atom. The fourth-order valence-corrected chi connectivity index (χ4v) is 10.8. The number of rotatable bonds is 24. The second kappa shape index (κ2) is 45.7. The number of pyridine rings is 1. The first-order valence-corrected chi connectivity index (χ1v) is 37.3. The Morgan fingerprint density at radius 3 is 1.12 bits per heavy atom. The van der Waals surface area contributed by atoms with Gasteiger partial charge < -0.3 is 71.1 Å². The predicted octanol–water partition coefficient (Wildman–Crippen LogP) is 10.4. The Balaban J connectivity index is 0.000000270. The molecule has 1 saturated carbocycles. The molecule has 4 aromatic carbocycles. The van der Waals surface area contributed by atoms with E-state index >= 15 is 0 Å². The molecule has 0 saturated heterocycles. The Labute approximate surface area is 633 Å². The van der Waals surface area contributed by atoms with Crippen LogP contribution in [0.25, 0.3) is 0 Å². The van der Waals surface area contributed by atoms with Crippen molar-refractivity contribution in [2.45, 2.75) is 178 Å². The third-order valence-electron chi connectivity index (χ3n) is 18.3. The number of nitrogens with one attached hydrogen (secondary N) is 6. The minimum atomic E-state index is -0.293. The number of halogens is 1. The van der Waals surface area contributed by atoms with Gasteiger partial charge in [-0.25, -0.2) is 14.4 Å². The quantitative estimate of drug-likeness (QED) is 0.0330. The first kappa shape index (κ1) is 89.6. The number of carbonyl (C=O) groups is 6. The van der Waals surface area contributed by atoms with Gasteiger partial charge in [0.25, 0.3) is 0 Å². The third-order valence-corrected chi connectivity index (χ3v) is 18.3. The standard InChI is InChI=1S/C18H27N3O.C15H23N3O.C13H19FN2O.C13H20N2O.C12H19N3O.C11H18N4O/c1-20-11-10-14-8-9-16(12-17(14)20)21(2)18(22)13-19-15-6-4-3-5-7-15;1-11(2)16-10-15(19)18(4)13-6-5-12-7-8-17(3)14(12)9-13;1-9(2)15-8-13(17)16(4)11-6-5-10(3)12(14)7-11;1-10(2)14-9-13(16)15(4)12-7-5-11(3)6-8-12;1-9(2)13-8-12(16)15(4)11-6-5-10(3)14-7-11;1-8(2)12-7-11(16)15(4)10-5-13-9(3)14-6-10/h8-9,12,15,19H,3-7,10-11,13H2,1-2H3;5-6,9,11,16H,7-8,10H2,1-4H3;5-7,9,15H,8H2,1-4H3;5-8,10,14H,9H2,1-4H3;5-7,9,13H,8H2,1-4H3;5-6,8,12H,7H2,1-4H3. The number of benzene rings is 4. The van der Waals surface area contributed by atoms with Gasteiger partial charge in [0.05, 0.1) is 69.2 Å². The van der Waals surface area contributed by atoms with Gasteiger partial charge in [-0.15, -0.1) is 0 Å². The lowest BCUT2D eigenvalue weighted by Crippen LogP contribution is -2.40. The van der Waals surface area contributed by atoms with Gasteiger partial charge in [0.2, 0.25) is 35.4 Å². The van der Waals surface area contributed by atoms with Crippen LogP contribution in [0.4, 0.5) is 49.9 Å². The number of carbonyl (C=O) groups excluding carboxylic acids is 6. The molecule has 0 unspecified atom stereocenters. The summed E-state index contributed by atoms with van der Waals surface area (Å²) in [6.45, 7) is 31.8. The van der Waals surface area contributed by atoms with E-state index in [-0.39, 0.29) is 53.8 Å². The van der Waals surface area contributed by atoms with Crippen LogP contribution < -0.4 is 71.1 Å². The largest absolute Gasteiger partial charge is 0.374 e. The van der Waals surface area contributed by atoms with E-state index < -0.39 is 0 Å². The molecule has 582 valence electrons. The zero-order valence-corrected chi connectivity index (χ0v) is 67.7. The molecule has 1 aliphatic carbocycles. The van der Waals surface area contributed by atoms with Crippen molar-refractivity contribution in [1.29, 1.82) is 0 Å². The number of amides is 6. The van der Waals surface area contributed by atoms with Crippen LogP contribution in [0.15, 0.2) is 110 Å². The lowest BCUT2D eigenvalue weighted by atomic mass is 9.95. The third kappa shape index (κ3) is 31.3. The molecule has 0 bridgehead atoms. The fourth-order valence-electron chi connectivity index (χ4n) is 10.8. The van der Waals surface area contributed by atoms with E-state index in [2.05, 4.69) is 101 Å². The number of hydrogen-bond acceptors (Lipinski definition) is 17. The minimum absolute atomic E-state index is 0.00107. The molecule has 6 aromatic rings. The van der Waals surface area contributed by atoms with Crippen molar-refractivity contribution in [2.75, 3.05) is 148 Å². The Hall–Kier alpha value is -8.78. The van der Waals surface area contributed by atoms with E-state index in [4.69, 9.17) is 0 Å². The summed E-state index contributed by atoms with van der Waals surface area (Å²) in [4.78, 5) is 98.2. The monoisotopic (exact) mass is 1460 g/mol. The second-order valence-electron chi connectivity index (χ2n) is 29.0. The van der Waals surface area contributed by atoms with E-state index in [1.807, 2.05) is 147 Å². The fraction of sp³-hybridized carbons (Fsp3) is 0.524. The first-order valence-electron chi connectivity index (χ1n) is 37.3. The zero-order chi connectivity index (χ0) is 78.9. The molecule has 4 heterocycles. The number of likely N-dealkylation sites (N-methyl/N-ethyl adjacent to an activating group) is 8. The van der Waals surface area contributed by atoms with Crippen LogP contribution in [0.5, 0.6) is 0 Å². The van der Waals surface area contributed by atoms with Gasteiger partial charge in [-0.2, -0.15) is 0 Å². The van der Waals surface area contributed by atoms with Crippen molar-refractivity contribution in [3.05, 3.63) is 149 Å². The van der Waals surface area contributed by atoms with Gasteiger partial charge in [-0.05, 0) is 131 Å². The molecular formula is C82H126FN17O6. The molecule has 1 fully saturated rings. The molecule has 23 nitrogen and oxygen atoms in total.